The van der Waals surface area contributed by atoms with Crippen LogP contribution in [0.4, 0.5) is 4.79 Å². The van der Waals surface area contributed by atoms with E-state index in [-0.39, 0.29) is 13.0 Å². The van der Waals surface area contributed by atoms with Crippen LogP contribution in [-0.4, -0.2) is 40.8 Å². The van der Waals surface area contributed by atoms with E-state index >= 15 is 0 Å². The number of unbranched alkanes of at least 4 members (excludes halogenated alkanes) is 5. The first-order chi connectivity index (χ1) is 9.76. The summed E-state index contributed by atoms with van der Waals surface area (Å²) in [5.74, 6) is -0.897. The van der Waals surface area contributed by atoms with E-state index in [0.29, 0.717) is 6.54 Å². The van der Waals surface area contributed by atoms with E-state index in [1.54, 1.807) is 0 Å². The normalized spacial score (nSPS) is 11.2. The molecule has 0 atom stereocenters. The van der Waals surface area contributed by atoms with E-state index in [1.165, 1.54) is 24.2 Å². The Morgan fingerprint density at radius 2 is 1.57 bits per heavy atom. The third-order valence-corrected chi connectivity index (χ3v) is 3.03. The molecule has 0 fully saturated rings. The first kappa shape index (κ1) is 19.7. The van der Waals surface area contributed by atoms with Gasteiger partial charge in [-0.05, 0) is 27.2 Å². The Balaban J connectivity index is 4.19. The molecule has 5 nitrogen and oxygen atoms in total. The predicted octanol–water partition coefficient (Wildman–Crippen LogP) is 4.06. The summed E-state index contributed by atoms with van der Waals surface area (Å²) in [7, 11) is 0. The van der Waals surface area contributed by atoms with Crippen LogP contribution >= 0.6 is 0 Å². The van der Waals surface area contributed by atoms with Gasteiger partial charge >= 0.3 is 12.1 Å². The van der Waals surface area contributed by atoms with Gasteiger partial charge in [-0.15, -0.1) is 0 Å². The average Bonchev–Trinajstić information content (AvgIpc) is 2.34. The minimum Gasteiger partial charge on any atom is -0.481 e. The maximum Gasteiger partial charge on any atom is 0.410 e. The lowest BCUT2D eigenvalue weighted by Gasteiger charge is -2.27. The highest BCUT2D eigenvalue weighted by Gasteiger charge is 2.22. The van der Waals surface area contributed by atoms with Crippen molar-refractivity contribution >= 4 is 12.1 Å². The van der Waals surface area contributed by atoms with Gasteiger partial charge in [-0.1, -0.05) is 39.0 Å². The molecule has 0 aliphatic heterocycles. The van der Waals surface area contributed by atoms with Crippen LogP contribution in [0.3, 0.4) is 0 Å². The topological polar surface area (TPSA) is 66.8 Å². The summed E-state index contributed by atoms with van der Waals surface area (Å²) >= 11 is 0. The van der Waals surface area contributed by atoms with Gasteiger partial charge in [0, 0.05) is 13.1 Å². The molecule has 0 heterocycles. The smallest absolute Gasteiger partial charge is 0.410 e. The summed E-state index contributed by atoms with van der Waals surface area (Å²) in [6.45, 7) is 8.38. The molecule has 0 aromatic rings. The average molecular weight is 301 g/mol. The van der Waals surface area contributed by atoms with Crippen molar-refractivity contribution < 1.29 is 19.4 Å². The van der Waals surface area contributed by atoms with Crippen molar-refractivity contribution in [3.63, 3.8) is 0 Å². The van der Waals surface area contributed by atoms with Crippen LogP contribution in [0.5, 0.6) is 0 Å². The number of hydrogen-bond donors (Lipinski definition) is 1. The Morgan fingerprint density at radius 3 is 2.10 bits per heavy atom. The van der Waals surface area contributed by atoms with Crippen molar-refractivity contribution in [2.24, 2.45) is 0 Å². The van der Waals surface area contributed by atoms with Gasteiger partial charge in [-0.25, -0.2) is 4.79 Å². The molecule has 0 bridgehead atoms. The molecule has 1 N–H and O–H groups in total. The third-order valence-electron chi connectivity index (χ3n) is 3.03. The van der Waals surface area contributed by atoms with Crippen molar-refractivity contribution in [1.82, 2.24) is 4.90 Å². The zero-order valence-electron chi connectivity index (χ0n) is 14.0. The summed E-state index contributed by atoms with van der Waals surface area (Å²) < 4.78 is 5.32. The largest absolute Gasteiger partial charge is 0.481 e. The summed E-state index contributed by atoms with van der Waals surface area (Å²) in [6.07, 6.45) is 6.33. The number of hydrogen-bond acceptors (Lipinski definition) is 3. The lowest BCUT2D eigenvalue weighted by molar-refractivity contribution is -0.137. The molecule has 0 aromatic heterocycles. The molecule has 0 unspecified atom stereocenters. The number of amides is 1. The Kier molecular flexibility index (Phi) is 9.84. The highest BCUT2D eigenvalue weighted by atomic mass is 16.6. The van der Waals surface area contributed by atoms with Gasteiger partial charge in [0.1, 0.15) is 5.60 Å². The number of nitrogens with zero attached hydrogens (tertiary/aromatic N) is 1. The lowest BCUT2D eigenvalue weighted by atomic mass is 10.1. The van der Waals surface area contributed by atoms with Crippen LogP contribution in [0.1, 0.15) is 72.6 Å². The molecule has 5 heteroatoms. The number of ether oxygens (including phenoxy) is 1. The second kappa shape index (κ2) is 10.5. The minimum atomic E-state index is -0.897. The van der Waals surface area contributed by atoms with Crippen molar-refractivity contribution in [2.45, 2.75) is 78.2 Å². The second-order valence-electron chi connectivity index (χ2n) is 6.38. The fraction of sp³-hybridized carbons (Fsp3) is 0.875. The Hall–Kier alpha value is -1.26. The molecule has 0 saturated heterocycles. The second-order valence-corrected chi connectivity index (χ2v) is 6.38. The fourth-order valence-corrected chi connectivity index (χ4v) is 1.93. The van der Waals surface area contributed by atoms with Gasteiger partial charge < -0.3 is 14.7 Å². The Labute approximate surface area is 128 Å². The van der Waals surface area contributed by atoms with Gasteiger partial charge in [0.2, 0.25) is 0 Å². The molecule has 21 heavy (non-hydrogen) atoms. The van der Waals surface area contributed by atoms with E-state index in [9.17, 15) is 9.59 Å². The molecule has 0 radical (unpaired) electrons. The van der Waals surface area contributed by atoms with Gasteiger partial charge in [0.25, 0.3) is 0 Å². The molecular formula is C16H31NO4. The molecule has 0 rings (SSSR count). The summed E-state index contributed by atoms with van der Waals surface area (Å²) in [4.78, 5) is 24.2. The lowest BCUT2D eigenvalue weighted by Crippen LogP contribution is -2.38. The van der Waals surface area contributed by atoms with Crippen molar-refractivity contribution in [3.8, 4) is 0 Å². The quantitative estimate of drug-likeness (QED) is 0.618. The number of aliphatic carboxylic acids is 1. The van der Waals surface area contributed by atoms with Gasteiger partial charge in [0.15, 0.2) is 0 Å². The van der Waals surface area contributed by atoms with E-state index in [2.05, 4.69) is 6.92 Å². The monoisotopic (exact) mass is 301 g/mol. The molecule has 0 spiro atoms. The zero-order chi connectivity index (χ0) is 16.3. The molecule has 0 saturated carbocycles. The summed E-state index contributed by atoms with van der Waals surface area (Å²) in [5, 5.41) is 8.77. The first-order valence-electron chi connectivity index (χ1n) is 7.96. The van der Waals surface area contributed by atoms with Crippen LogP contribution in [0.15, 0.2) is 0 Å². The van der Waals surface area contributed by atoms with E-state index in [4.69, 9.17) is 9.84 Å². The van der Waals surface area contributed by atoms with E-state index < -0.39 is 17.7 Å². The molecule has 0 aliphatic rings. The minimum absolute atomic E-state index is 0.0466. The maximum absolute atomic E-state index is 12.0. The van der Waals surface area contributed by atoms with Crippen molar-refractivity contribution in [3.05, 3.63) is 0 Å². The van der Waals surface area contributed by atoms with Crippen LogP contribution < -0.4 is 0 Å². The van der Waals surface area contributed by atoms with Crippen LogP contribution in [0.2, 0.25) is 0 Å². The first-order valence-corrected chi connectivity index (χ1v) is 7.96. The number of carboxylic acids is 1. The predicted molar refractivity (Wildman–Crippen MR) is 83.4 cm³/mol. The van der Waals surface area contributed by atoms with Crippen LogP contribution in [-0.2, 0) is 9.53 Å². The fourth-order valence-electron chi connectivity index (χ4n) is 1.93. The number of carboxylic acid groups (broad SMARTS) is 1. The highest BCUT2D eigenvalue weighted by Crippen LogP contribution is 2.12. The highest BCUT2D eigenvalue weighted by molar-refractivity contribution is 5.70. The summed E-state index contributed by atoms with van der Waals surface area (Å²) in [6, 6.07) is 0. The SMILES string of the molecule is CCCCCCCCN(CCC(=O)O)C(=O)OC(C)(C)C. The van der Waals surface area contributed by atoms with Crippen molar-refractivity contribution in [1.29, 1.82) is 0 Å². The maximum atomic E-state index is 12.0. The summed E-state index contributed by atoms with van der Waals surface area (Å²) in [5.41, 5.74) is -0.556. The van der Waals surface area contributed by atoms with Crippen molar-refractivity contribution in [2.75, 3.05) is 13.1 Å². The molecule has 0 aromatic carbocycles. The van der Waals surface area contributed by atoms with E-state index in [0.717, 1.165) is 19.3 Å². The number of carbonyl (C=O) groups is 2. The zero-order valence-corrected chi connectivity index (χ0v) is 14.0. The van der Waals surface area contributed by atoms with Gasteiger partial charge in [-0.2, -0.15) is 0 Å². The number of rotatable bonds is 10. The Bertz CT molecular complexity index is 310. The molecular weight excluding hydrogens is 270 g/mol. The standard InChI is InChI=1S/C16H31NO4/c1-5-6-7-8-9-10-12-17(13-11-14(18)19)15(20)21-16(2,3)4/h5-13H2,1-4H3,(H,18,19). The Morgan fingerprint density at radius 1 is 1.00 bits per heavy atom. The van der Waals surface area contributed by atoms with Crippen LogP contribution in [0, 0.1) is 0 Å². The van der Waals surface area contributed by atoms with E-state index in [1.807, 2.05) is 20.8 Å². The van der Waals surface area contributed by atoms with Gasteiger partial charge in [-0.3, -0.25) is 4.79 Å². The van der Waals surface area contributed by atoms with Crippen LogP contribution in [0.25, 0.3) is 0 Å². The third kappa shape index (κ3) is 12.2. The molecule has 0 aliphatic carbocycles. The molecule has 1 amide bonds. The molecule has 124 valence electrons. The van der Waals surface area contributed by atoms with Gasteiger partial charge in [0.05, 0.1) is 6.42 Å². The number of carbonyl (C=O) groups excluding carboxylic acids is 1.